The van der Waals surface area contributed by atoms with Gasteiger partial charge < -0.3 is 4.90 Å². The zero-order valence-electron chi connectivity index (χ0n) is 4.88. The molecule has 0 rings (SSSR count). The van der Waals surface area contributed by atoms with Crippen molar-refractivity contribution in [1.82, 2.24) is 0 Å². The van der Waals surface area contributed by atoms with E-state index >= 15 is 0 Å². The topological polar surface area (TPSA) is 58.8 Å². The van der Waals surface area contributed by atoms with Crippen LogP contribution in [0.5, 0.6) is 0 Å². The van der Waals surface area contributed by atoms with E-state index in [-0.39, 0.29) is 5.88 Å². The van der Waals surface area contributed by atoms with Gasteiger partial charge >= 0.3 is 10.1 Å². The zero-order valence-corrected chi connectivity index (χ0v) is 5.70. The summed E-state index contributed by atoms with van der Waals surface area (Å²) in [6.45, 7) is 0. The van der Waals surface area contributed by atoms with Gasteiger partial charge in [-0.05, 0) is 0 Å². The Labute approximate surface area is 48.9 Å². The molecule has 0 aliphatic carbocycles. The summed E-state index contributed by atoms with van der Waals surface area (Å²) in [7, 11) is -0.467. The molecule has 0 spiro atoms. The molecule has 0 radical (unpaired) electrons. The molecule has 0 atom stereocenters. The van der Waals surface area contributed by atoms with Gasteiger partial charge in [0.25, 0.3) is 0 Å². The van der Waals surface area contributed by atoms with Gasteiger partial charge in [-0.3, -0.25) is 4.55 Å². The van der Waals surface area contributed by atoms with Crippen molar-refractivity contribution in [3.8, 4) is 0 Å². The third kappa shape index (κ3) is 5.87. The molecule has 4 nitrogen and oxygen atoms in total. The molecule has 0 fully saturated rings. The average molecular weight is 140 g/mol. The lowest BCUT2D eigenvalue weighted by Gasteiger charge is -2.01. The highest BCUT2D eigenvalue weighted by Crippen LogP contribution is 1.68. The highest BCUT2D eigenvalue weighted by Gasteiger charge is 2.07. The van der Waals surface area contributed by atoms with E-state index in [1.807, 2.05) is 0 Å². The number of hydrogen-bond donors (Lipinski definition) is 2. The summed E-state index contributed by atoms with van der Waals surface area (Å²) in [6.07, 6.45) is 0. The van der Waals surface area contributed by atoms with Crippen molar-refractivity contribution in [3.05, 3.63) is 0 Å². The predicted molar refractivity (Wildman–Crippen MR) is 29.2 cm³/mol. The second-order valence-electron chi connectivity index (χ2n) is 1.93. The van der Waals surface area contributed by atoms with E-state index in [0.717, 1.165) is 0 Å². The molecule has 0 saturated heterocycles. The lowest BCUT2D eigenvalue weighted by Crippen LogP contribution is -3.06. The monoisotopic (exact) mass is 140 g/mol. The van der Waals surface area contributed by atoms with E-state index in [2.05, 4.69) is 0 Å². The van der Waals surface area contributed by atoms with E-state index in [1.54, 1.807) is 14.1 Å². The standard InChI is InChI=1S/C3H9NO3S/c1-4(2)3-8(5,6)7/h3H2,1-2H3,(H,5,6,7)/p+1. The second kappa shape index (κ2) is 2.43. The molecule has 8 heavy (non-hydrogen) atoms. The Morgan fingerprint density at radius 3 is 1.88 bits per heavy atom. The molecule has 5 heteroatoms. The molecule has 0 aliphatic rings. The van der Waals surface area contributed by atoms with Gasteiger partial charge in [-0.15, -0.1) is 0 Å². The number of hydrogen-bond acceptors (Lipinski definition) is 2. The lowest BCUT2D eigenvalue weighted by molar-refractivity contribution is -0.845. The van der Waals surface area contributed by atoms with Gasteiger partial charge in [0.05, 0.1) is 14.1 Å². The van der Waals surface area contributed by atoms with E-state index in [9.17, 15) is 8.42 Å². The Morgan fingerprint density at radius 1 is 1.50 bits per heavy atom. The van der Waals surface area contributed by atoms with Crippen molar-refractivity contribution in [3.63, 3.8) is 0 Å². The van der Waals surface area contributed by atoms with Crippen molar-refractivity contribution in [1.29, 1.82) is 0 Å². The molecule has 0 amide bonds. The minimum atomic E-state index is -3.76. The van der Waals surface area contributed by atoms with Crippen LogP contribution < -0.4 is 4.90 Å². The van der Waals surface area contributed by atoms with Gasteiger partial charge in [-0.25, -0.2) is 0 Å². The zero-order chi connectivity index (χ0) is 6.78. The Bertz CT molecular complexity index is 148. The van der Waals surface area contributed by atoms with Gasteiger partial charge in [0.1, 0.15) is 0 Å². The van der Waals surface area contributed by atoms with Crippen LogP contribution in [0.1, 0.15) is 0 Å². The van der Waals surface area contributed by atoms with Crippen molar-refractivity contribution in [2.24, 2.45) is 0 Å². The molecule has 0 unspecified atom stereocenters. The average Bonchev–Trinajstić information content (AvgIpc) is 1.21. The molecule has 0 aliphatic heterocycles. The van der Waals surface area contributed by atoms with Crippen LogP contribution in [0.3, 0.4) is 0 Å². The maximum Gasteiger partial charge on any atom is 0.316 e. The molecular weight excluding hydrogens is 130 g/mol. The molecule has 50 valence electrons. The third-order valence-corrected chi connectivity index (χ3v) is 1.41. The maximum atomic E-state index is 9.98. The normalized spacial score (nSPS) is 12.5. The molecule has 0 aromatic carbocycles. The van der Waals surface area contributed by atoms with Gasteiger partial charge in [0.15, 0.2) is 0 Å². The second-order valence-corrected chi connectivity index (χ2v) is 3.39. The first kappa shape index (κ1) is 7.87. The van der Waals surface area contributed by atoms with Crippen molar-refractivity contribution >= 4 is 10.1 Å². The molecule has 0 aromatic rings. The summed E-state index contributed by atoms with van der Waals surface area (Å²) in [5, 5.41) is 0. The van der Waals surface area contributed by atoms with E-state index in [4.69, 9.17) is 4.55 Å². The van der Waals surface area contributed by atoms with Gasteiger partial charge in [0.2, 0.25) is 5.88 Å². The van der Waals surface area contributed by atoms with Crippen LogP contribution in [0, 0.1) is 0 Å². The first-order chi connectivity index (χ1) is 3.42. The van der Waals surface area contributed by atoms with E-state index in [0.29, 0.717) is 4.90 Å². The highest BCUT2D eigenvalue weighted by molar-refractivity contribution is 7.85. The Kier molecular flexibility index (Phi) is 2.39. The molecule has 2 N–H and O–H groups in total. The van der Waals surface area contributed by atoms with Crippen LogP contribution in [-0.2, 0) is 10.1 Å². The summed E-state index contributed by atoms with van der Waals surface area (Å²) >= 11 is 0. The van der Waals surface area contributed by atoms with Gasteiger partial charge in [0, 0.05) is 0 Å². The summed E-state index contributed by atoms with van der Waals surface area (Å²) in [4.78, 5) is 0.688. The highest BCUT2D eigenvalue weighted by atomic mass is 32.2. The van der Waals surface area contributed by atoms with Crippen LogP contribution in [0.15, 0.2) is 0 Å². The SMILES string of the molecule is C[NH+](C)CS(=O)(=O)O. The fourth-order valence-corrected chi connectivity index (χ4v) is 1.09. The van der Waals surface area contributed by atoms with Crippen molar-refractivity contribution in [2.75, 3.05) is 20.0 Å². The number of nitrogens with one attached hydrogen (secondary N) is 1. The summed E-state index contributed by atoms with van der Waals surface area (Å²) in [5.41, 5.74) is 0. The molecule has 0 aromatic heterocycles. The van der Waals surface area contributed by atoms with Crippen LogP contribution in [0.25, 0.3) is 0 Å². The van der Waals surface area contributed by atoms with Crippen molar-refractivity contribution in [2.45, 2.75) is 0 Å². The van der Waals surface area contributed by atoms with E-state index in [1.165, 1.54) is 0 Å². The Balaban J connectivity index is 3.75. The quantitative estimate of drug-likeness (QED) is 0.435. The van der Waals surface area contributed by atoms with Gasteiger partial charge in [-0.2, -0.15) is 8.42 Å². The third-order valence-electron chi connectivity index (χ3n) is 0.471. The Hall–Kier alpha value is -0.130. The van der Waals surface area contributed by atoms with Crippen LogP contribution in [0.2, 0.25) is 0 Å². The maximum absolute atomic E-state index is 9.98. The lowest BCUT2D eigenvalue weighted by atomic mass is 11.0. The number of quaternary nitrogens is 1. The van der Waals surface area contributed by atoms with Crippen molar-refractivity contribution < 1.29 is 17.9 Å². The van der Waals surface area contributed by atoms with Crippen LogP contribution in [-0.4, -0.2) is 32.9 Å². The largest absolute Gasteiger partial charge is 0.325 e. The minimum absolute atomic E-state index is 0.229. The first-order valence-corrected chi connectivity index (χ1v) is 3.77. The molecule has 0 heterocycles. The van der Waals surface area contributed by atoms with Crippen LogP contribution in [0.4, 0.5) is 0 Å². The molecular formula is C3H10NO3S+. The fraction of sp³-hybridized carbons (Fsp3) is 1.00. The predicted octanol–water partition coefficient (Wildman–Crippen LogP) is -2.02. The molecule has 0 saturated carbocycles. The first-order valence-electron chi connectivity index (χ1n) is 2.16. The Morgan fingerprint density at radius 2 is 1.88 bits per heavy atom. The fourth-order valence-electron chi connectivity index (χ4n) is 0.365. The minimum Gasteiger partial charge on any atom is -0.325 e. The summed E-state index contributed by atoms with van der Waals surface area (Å²) in [5.74, 6) is -0.229. The summed E-state index contributed by atoms with van der Waals surface area (Å²) < 4.78 is 28.1. The molecule has 0 bridgehead atoms. The van der Waals surface area contributed by atoms with E-state index < -0.39 is 10.1 Å². The number of rotatable bonds is 2. The van der Waals surface area contributed by atoms with Gasteiger partial charge in [-0.1, -0.05) is 0 Å². The van der Waals surface area contributed by atoms with Crippen LogP contribution >= 0.6 is 0 Å². The smallest absolute Gasteiger partial charge is 0.316 e. The summed E-state index contributed by atoms with van der Waals surface area (Å²) in [6, 6.07) is 0.